The number of nitrogens with zero attached hydrogens (tertiary/aromatic N) is 3. The van der Waals surface area contributed by atoms with Crippen LogP contribution in [0.2, 0.25) is 0 Å². The second kappa shape index (κ2) is 12.2. The van der Waals surface area contributed by atoms with E-state index in [-0.39, 0.29) is 29.7 Å². The van der Waals surface area contributed by atoms with Crippen molar-refractivity contribution in [3.8, 4) is 0 Å². The van der Waals surface area contributed by atoms with Crippen LogP contribution in [0.15, 0.2) is 60.0 Å². The van der Waals surface area contributed by atoms with Crippen molar-refractivity contribution in [2.24, 2.45) is 0 Å². The van der Waals surface area contributed by atoms with Crippen molar-refractivity contribution in [2.45, 2.75) is 32.9 Å². The maximum atomic E-state index is 13.9. The largest absolute Gasteiger partial charge is 0.332 e. The minimum absolute atomic E-state index is 0.116. The number of aryl methyl sites for hydroxylation is 1. The second-order valence-electron chi connectivity index (χ2n) is 9.19. The van der Waals surface area contributed by atoms with Crippen molar-refractivity contribution in [1.82, 2.24) is 14.7 Å². The molecule has 2 amide bonds. The van der Waals surface area contributed by atoms with E-state index in [1.807, 2.05) is 18.4 Å². The highest BCUT2D eigenvalue weighted by Gasteiger charge is 2.25. The Morgan fingerprint density at radius 3 is 2.36 bits per heavy atom. The van der Waals surface area contributed by atoms with Crippen molar-refractivity contribution in [2.75, 3.05) is 32.7 Å². The Balaban J connectivity index is 1.54. The van der Waals surface area contributed by atoms with E-state index in [1.165, 1.54) is 35.2 Å². The summed E-state index contributed by atoms with van der Waals surface area (Å²) in [5, 5.41) is 1.99. The van der Waals surface area contributed by atoms with Gasteiger partial charge in [-0.05, 0) is 85.8 Å². The van der Waals surface area contributed by atoms with E-state index in [9.17, 15) is 18.4 Å². The molecule has 0 radical (unpaired) electrons. The zero-order valence-corrected chi connectivity index (χ0v) is 21.3. The fraction of sp³-hybridized carbons (Fsp3) is 0.357. The molecule has 5 nitrogen and oxygen atoms in total. The van der Waals surface area contributed by atoms with Gasteiger partial charge in [-0.15, -0.1) is 11.3 Å². The lowest BCUT2D eigenvalue weighted by atomic mass is 10.1. The van der Waals surface area contributed by atoms with Gasteiger partial charge in [-0.2, -0.15) is 0 Å². The first-order valence-corrected chi connectivity index (χ1v) is 13.1. The molecule has 1 saturated heterocycles. The molecule has 1 aliphatic heterocycles. The van der Waals surface area contributed by atoms with Crippen molar-refractivity contribution in [1.29, 1.82) is 0 Å². The zero-order valence-electron chi connectivity index (χ0n) is 20.5. The molecule has 2 aromatic carbocycles. The number of hydrogen-bond acceptors (Lipinski definition) is 4. The summed E-state index contributed by atoms with van der Waals surface area (Å²) in [5.41, 5.74) is 2.13. The molecule has 0 bridgehead atoms. The normalized spacial score (nSPS) is 13.6. The highest BCUT2D eigenvalue weighted by atomic mass is 32.1. The number of carbonyl (C=O) groups is 2. The number of carbonyl (C=O) groups excluding carboxylic acids is 2. The van der Waals surface area contributed by atoms with Crippen molar-refractivity contribution < 1.29 is 18.4 Å². The van der Waals surface area contributed by atoms with Crippen LogP contribution in [0.3, 0.4) is 0 Å². The summed E-state index contributed by atoms with van der Waals surface area (Å²) in [4.78, 5) is 33.6. The van der Waals surface area contributed by atoms with Crippen LogP contribution in [0.25, 0.3) is 0 Å². The van der Waals surface area contributed by atoms with Crippen LogP contribution >= 0.6 is 11.3 Å². The Hall–Kier alpha value is -3.10. The maximum Gasteiger partial charge on any atom is 0.254 e. The Labute approximate surface area is 214 Å². The predicted molar refractivity (Wildman–Crippen MR) is 138 cm³/mol. The van der Waals surface area contributed by atoms with Crippen molar-refractivity contribution in [3.63, 3.8) is 0 Å². The van der Waals surface area contributed by atoms with Gasteiger partial charge in [0.25, 0.3) is 5.91 Å². The van der Waals surface area contributed by atoms with E-state index >= 15 is 0 Å². The van der Waals surface area contributed by atoms with Gasteiger partial charge in [-0.3, -0.25) is 9.59 Å². The van der Waals surface area contributed by atoms with Gasteiger partial charge in [0.05, 0.1) is 6.54 Å². The summed E-state index contributed by atoms with van der Waals surface area (Å²) in [5.74, 6) is -1.40. The van der Waals surface area contributed by atoms with Crippen LogP contribution in [0.4, 0.5) is 8.78 Å². The molecule has 1 aliphatic rings. The van der Waals surface area contributed by atoms with Gasteiger partial charge in [-0.1, -0.05) is 18.2 Å². The summed E-state index contributed by atoms with van der Waals surface area (Å²) in [6.07, 6.45) is 2.25. The summed E-state index contributed by atoms with van der Waals surface area (Å²) in [7, 11) is 0. The highest BCUT2D eigenvalue weighted by Crippen LogP contribution is 2.20. The van der Waals surface area contributed by atoms with E-state index in [1.54, 1.807) is 34.4 Å². The Kier molecular flexibility index (Phi) is 8.83. The van der Waals surface area contributed by atoms with Crippen molar-refractivity contribution >= 4 is 23.2 Å². The average Bonchev–Trinajstić information content (AvgIpc) is 3.54. The summed E-state index contributed by atoms with van der Waals surface area (Å²) in [6.45, 7) is 5.57. The lowest BCUT2D eigenvalue weighted by Gasteiger charge is -2.29. The van der Waals surface area contributed by atoms with Gasteiger partial charge in [0.15, 0.2) is 0 Å². The van der Waals surface area contributed by atoms with E-state index in [0.29, 0.717) is 26.2 Å². The molecule has 0 aliphatic carbocycles. The quantitative estimate of drug-likeness (QED) is 0.380. The third-order valence-electron chi connectivity index (χ3n) is 6.51. The number of benzene rings is 2. The summed E-state index contributed by atoms with van der Waals surface area (Å²) < 4.78 is 27.3. The standard InChI is InChI=1S/C28H31F2N3O2S/c1-21-11-16-36-26(21)19-33(18-22-7-9-24(29)10-8-22)27(34)20-32(15-14-31-12-2-3-13-31)28(35)23-5-4-6-25(30)17-23/h4-11,16-17H,2-3,12-15,18-20H2,1H3. The predicted octanol–water partition coefficient (Wildman–Crippen LogP) is 5.10. The molecule has 2 heterocycles. The van der Waals surface area contributed by atoms with E-state index in [2.05, 4.69) is 4.90 Å². The molecule has 0 atom stereocenters. The number of thiophene rings is 1. The van der Waals surface area contributed by atoms with Gasteiger partial charge in [0.1, 0.15) is 18.2 Å². The number of hydrogen-bond donors (Lipinski definition) is 0. The molecule has 3 aromatic rings. The topological polar surface area (TPSA) is 43.9 Å². The van der Waals surface area contributed by atoms with Gasteiger partial charge < -0.3 is 14.7 Å². The third kappa shape index (κ3) is 6.98. The number of halogens is 2. The smallest absolute Gasteiger partial charge is 0.254 e. The number of amides is 2. The van der Waals surface area contributed by atoms with E-state index in [0.717, 1.165) is 41.9 Å². The lowest BCUT2D eigenvalue weighted by Crippen LogP contribution is -2.45. The average molecular weight is 512 g/mol. The number of likely N-dealkylation sites (tertiary alicyclic amines) is 1. The molecule has 4 rings (SSSR count). The van der Waals surface area contributed by atoms with E-state index in [4.69, 9.17) is 0 Å². The number of rotatable bonds is 10. The molecule has 1 fully saturated rings. The SMILES string of the molecule is Cc1ccsc1CN(Cc1ccc(F)cc1)C(=O)CN(CCN1CCCC1)C(=O)c1cccc(F)c1. The first kappa shape index (κ1) is 26.0. The molecule has 0 unspecified atom stereocenters. The van der Waals surface area contributed by atoms with Crippen LogP contribution < -0.4 is 0 Å². The first-order chi connectivity index (χ1) is 17.4. The Bertz CT molecular complexity index is 1180. The fourth-order valence-corrected chi connectivity index (χ4v) is 5.29. The monoisotopic (exact) mass is 511 g/mol. The minimum atomic E-state index is -0.488. The van der Waals surface area contributed by atoms with Crippen LogP contribution in [-0.4, -0.2) is 59.2 Å². The minimum Gasteiger partial charge on any atom is -0.332 e. The van der Waals surface area contributed by atoms with Gasteiger partial charge in [0, 0.05) is 30.1 Å². The van der Waals surface area contributed by atoms with Gasteiger partial charge in [0.2, 0.25) is 5.91 Å². The molecule has 0 N–H and O–H groups in total. The molecule has 36 heavy (non-hydrogen) atoms. The van der Waals surface area contributed by atoms with E-state index < -0.39 is 5.82 Å². The Morgan fingerprint density at radius 1 is 0.944 bits per heavy atom. The summed E-state index contributed by atoms with van der Waals surface area (Å²) >= 11 is 1.58. The molecule has 0 saturated carbocycles. The van der Waals surface area contributed by atoms with Crippen LogP contribution in [0, 0.1) is 18.6 Å². The zero-order chi connectivity index (χ0) is 25.5. The second-order valence-corrected chi connectivity index (χ2v) is 10.2. The lowest BCUT2D eigenvalue weighted by molar-refractivity contribution is -0.133. The van der Waals surface area contributed by atoms with Crippen molar-refractivity contribution in [3.05, 3.63) is 93.2 Å². The van der Waals surface area contributed by atoms with Crippen LogP contribution in [0.1, 0.15) is 39.2 Å². The molecule has 1 aromatic heterocycles. The molecule has 0 spiro atoms. The summed E-state index contributed by atoms with van der Waals surface area (Å²) in [6, 6.07) is 13.7. The van der Waals surface area contributed by atoms with Gasteiger partial charge >= 0.3 is 0 Å². The molecular weight excluding hydrogens is 480 g/mol. The molecule has 8 heteroatoms. The highest BCUT2D eigenvalue weighted by molar-refractivity contribution is 7.10. The van der Waals surface area contributed by atoms with Crippen LogP contribution in [0.5, 0.6) is 0 Å². The fourth-order valence-electron chi connectivity index (χ4n) is 4.37. The van der Waals surface area contributed by atoms with Crippen LogP contribution in [-0.2, 0) is 17.9 Å². The third-order valence-corrected chi connectivity index (χ3v) is 7.52. The maximum absolute atomic E-state index is 13.9. The molecular formula is C28H31F2N3O2S. The first-order valence-electron chi connectivity index (χ1n) is 12.2. The molecule has 190 valence electrons. The Morgan fingerprint density at radius 2 is 1.69 bits per heavy atom. The van der Waals surface area contributed by atoms with Gasteiger partial charge in [-0.25, -0.2) is 8.78 Å².